The Kier molecular flexibility index (Phi) is 6.47. The molecule has 0 N–H and O–H groups in total. The van der Waals surface area contributed by atoms with Crippen LogP contribution in [0.2, 0.25) is 0 Å². The normalized spacial score (nSPS) is 11.5. The molecule has 0 saturated carbocycles. The Morgan fingerprint density at radius 1 is 0.857 bits per heavy atom. The van der Waals surface area contributed by atoms with E-state index in [1.165, 1.54) is 4.90 Å². The van der Waals surface area contributed by atoms with Crippen LogP contribution in [0.25, 0.3) is 0 Å². The van der Waals surface area contributed by atoms with Crippen molar-refractivity contribution in [1.29, 1.82) is 0 Å². The van der Waals surface area contributed by atoms with Crippen molar-refractivity contribution in [3.8, 4) is 0 Å². The van der Waals surface area contributed by atoms with Crippen LogP contribution in [0.1, 0.15) is 0 Å². The summed E-state index contributed by atoms with van der Waals surface area (Å²) in [6.07, 6.45) is 0. The lowest BCUT2D eigenvalue weighted by Gasteiger charge is -2.26. The molecule has 0 bridgehead atoms. The summed E-state index contributed by atoms with van der Waals surface area (Å²) in [6, 6.07) is 20.2. The molecule has 2 aromatic carbocycles. The highest BCUT2D eigenvalue weighted by atomic mass is 32.2. The maximum absolute atomic E-state index is 6.01. The Morgan fingerprint density at radius 2 is 1.43 bits per heavy atom. The molecule has 0 aliphatic rings. The molecule has 112 valence electrons. The molecule has 0 atom stereocenters. The number of thioether (sulfide) groups is 1. The van der Waals surface area contributed by atoms with Crippen LogP contribution in [0.15, 0.2) is 65.6 Å². The molecular formula is C16H20O3SSi. The van der Waals surface area contributed by atoms with Crippen molar-refractivity contribution in [2.75, 3.05) is 26.6 Å². The third-order valence-electron chi connectivity index (χ3n) is 3.05. The highest BCUT2D eigenvalue weighted by molar-refractivity contribution is 7.99. The van der Waals surface area contributed by atoms with Crippen LogP contribution in [0.3, 0.4) is 0 Å². The molecule has 21 heavy (non-hydrogen) atoms. The second-order valence-electron chi connectivity index (χ2n) is 4.34. The molecule has 5 heteroatoms. The fraction of sp³-hybridized carbons (Fsp3) is 0.250. The molecule has 0 spiro atoms. The third kappa shape index (κ3) is 4.43. The first-order valence-corrected chi connectivity index (χ1v) is 9.49. The van der Waals surface area contributed by atoms with Gasteiger partial charge in [-0.15, -0.1) is 11.8 Å². The van der Waals surface area contributed by atoms with Gasteiger partial charge in [-0.05, 0) is 12.1 Å². The predicted molar refractivity (Wildman–Crippen MR) is 89.0 cm³/mol. The quantitative estimate of drug-likeness (QED) is 0.425. The van der Waals surface area contributed by atoms with Gasteiger partial charge in [0.1, 0.15) is 0 Å². The summed E-state index contributed by atoms with van der Waals surface area (Å²) >= 11 is 1.76. The van der Waals surface area contributed by atoms with E-state index in [0.717, 1.165) is 10.9 Å². The first kappa shape index (κ1) is 16.3. The molecule has 0 unspecified atom stereocenters. The van der Waals surface area contributed by atoms with Crippen LogP contribution in [-0.4, -0.2) is 35.4 Å². The fourth-order valence-corrected chi connectivity index (χ4v) is 4.93. The minimum Gasteiger partial charge on any atom is -0.373 e. The molecule has 0 saturated heterocycles. The van der Waals surface area contributed by atoms with E-state index in [1.807, 2.05) is 48.5 Å². The largest absolute Gasteiger partial charge is 0.536 e. The van der Waals surface area contributed by atoms with E-state index in [1.54, 1.807) is 26.0 Å². The van der Waals surface area contributed by atoms with Gasteiger partial charge in [0.15, 0.2) is 0 Å². The highest BCUT2D eigenvalue weighted by Gasteiger charge is 2.41. The summed E-state index contributed by atoms with van der Waals surface area (Å²) in [4.78, 5) is 1.24. The number of benzene rings is 2. The standard InChI is InChI=1S/C16H20O3SSi/c1-17-21(18-2,16-11-7-4-8-12-16)19-13-14-20-15-9-5-3-6-10-15/h3-12H,13-14H2,1-2H3. The zero-order chi connectivity index (χ0) is 15.0. The zero-order valence-corrected chi connectivity index (χ0v) is 14.1. The monoisotopic (exact) mass is 320 g/mol. The summed E-state index contributed by atoms with van der Waals surface area (Å²) in [6.45, 7) is 0.586. The van der Waals surface area contributed by atoms with Gasteiger partial charge in [0, 0.05) is 36.7 Å². The average Bonchev–Trinajstić information content (AvgIpc) is 2.57. The molecule has 0 heterocycles. The van der Waals surface area contributed by atoms with E-state index in [-0.39, 0.29) is 0 Å². The first-order valence-electron chi connectivity index (χ1n) is 6.78. The first-order chi connectivity index (χ1) is 10.3. The molecule has 0 aromatic heterocycles. The molecule has 0 radical (unpaired) electrons. The van der Waals surface area contributed by atoms with Crippen molar-refractivity contribution in [3.63, 3.8) is 0 Å². The van der Waals surface area contributed by atoms with Gasteiger partial charge in [-0.25, -0.2) is 0 Å². The van der Waals surface area contributed by atoms with E-state index in [2.05, 4.69) is 12.1 Å². The second kappa shape index (κ2) is 8.36. The topological polar surface area (TPSA) is 27.7 Å². The van der Waals surface area contributed by atoms with Crippen LogP contribution < -0.4 is 5.19 Å². The van der Waals surface area contributed by atoms with Gasteiger partial charge in [-0.3, -0.25) is 0 Å². The minimum atomic E-state index is -2.77. The summed E-state index contributed by atoms with van der Waals surface area (Å²) in [5, 5.41) is 0.986. The van der Waals surface area contributed by atoms with Gasteiger partial charge in [-0.2, -0.15) is 0 Å². The van der Waals surface area contributed by atoms with E-state index >= 15 is 0 Å². The van der Waals surface area contributed by atoms with Crippen molar-refractivity contribution < 1.29 is 13.3 Å². The van der Waals surface area contributed by atoms with E-state index in [4.69, 9.17) is 13.3 Å². The van der Waals surface area contributed by atoms with Crippen LogP contribution in [0.5, 0.6) is 0 Å². The molecule has 2 aromatic rings. The lowest BCUT2D eigenvalue weighted by molar-refractivity contribution is 0.121. The molecular weight excluding hydrogens is 300 g/mol. The Morgan fingerprint density at radius 3 is 2.00 bits per heavy atom. The molecule has 2 rings (SSSR count). The number of hydrogen-bond donors (Lipinski definition) is 0. The van der Waals surface area contributed by atoms with Crippen LogP contribution in [0.4, 0.5) is 0 Å². The van der Waals surface area contributed by atoms with Crippen molar-refractivity contribution >= 4 is 25.8 Å². The highest BCUT2D eigenvalue weighted by Crippen LogP contribution is 2.17. The van der Waals surface area contributed by atoms with Gasteiger partial charge in [0.05, 0.1) is 0 Å². The second-order valence-corrected chi connectivity index (χ2v) is 8.30. The average molecular weight is 320 g/mol. The van der Waals surface area contributed by atoms with Crippen molar-refractivity contribution in [3.05, 3.63) is 60.7 Å². The maximum atomic E-state index is 6.01. The van der Waals surface area contributed by atoms with Gasteiger partial charge in [0.2, 0.25) is 0 Å². The summed E-state index contributed by atoms with van der Waals surface area (Å²) in [7, 11) is 0.521. The molecule has 3 nitrogen and oxygen atoms in total. The van der Waals surface area contributed by atoms with Gasteiger partial charge in [-0.1, -0.05) is 48.5 Å². The van der Waals surface area contributed by atoms with Crippen LogP contribution >= 0.6 is 11.8 Å². The SMILES string of the molecule is CO[Si](OC)(OCCSc1ccccc1)c1ccccc1. The molecule has 0 amide bonds. The van der Waals surface area contributed by atoms with Gasteiger partial charge in [0.25, 0.3) is 0 Å². The Balaban J connectivity index is 1.92. The maximum Gasteiger partial charge on any atom is 0.536 e. The zero-order valence-electron chi connectivity index (χ0n) is 12.3. The Labute approximate surface area is 131 Å². The molecule has 0 aliphatic carbocycles. The fourth-order valence-electron chi connectivity index (χ4n) is 2.01. The van der Waals surface area contributed by atoms with Crippen molar-refractivity contribution in [1.82, 2.24) is 0 Å². The van der Waals surface area contributed by atoms with Gasteiger partial charge < -0.3 is 13.3 Å². The Hall–Kier alpha value is -1.11. The van der Waals surface area contributed by atoms with E-state index in [0.29, 0.717) is 6.61 Å². The lowest BCUT2D eigenvalue weighted by atomic mass is 10.4. The smallest absolute Gasteiger partial charge is 0.373 e. The third-order valence-corrected chi connectivity index (χ3v) is 6.73. The Bertz CT molecular complexity index is 518. The number of hydrogen-bond acceptors (Lipinski definition) is 4. The van der Waals surface area contributed by atoms with E-state index in [9.17, 15) is 0 Å². The predicted octanol–water partition coefficient (Wildman–Crippen LogP) is 2.93. The summed E-state index contributed by atoms with van der Waals surface area (Å²) in [5.74, 6) is 0.859. The number of rotatable bonds is 8. The van der Waals surface area contributed by atoms with E-state index < -0.39 is 8.80 Å². The van der Waals surface area contributed by atoms with Crippen molar-refractivity contribution in [2.45, 2.75) is 4.90 Å². The van der Waals surface area contributed by atoms with Crippen LogP contribution in [0, 0.1) is 0 Å². The molecule has 0 aliphatic heterocycles. The van der Waals surface area contributed by atoms with Crippen molar-refractivity contribution in [2.24, 2.45) is 0 Å². The summed E-state index contributed by atoms with van der Waals surface area (Å²) < 4.78 is 17.2. The van der Waals surface area contributed by atoms with Gasteiger partial charge >= 0.3 is 8.80 Å². The lowest BCUT2D eigenvalue weighted by Crippen LogP contribution is -2.55. The van der Waals surface area contributed by atoms with Crippen LogP contribution in [-0.2, 0) is 13.3 Å². The summed E-state index contributed by atoms with van der Waals surface area (Å²) in [5.41, 5.74) is 0. The molecule has 0 fully saturated rings. The minimum absolute atomic E-state index is 0.586.